The largest absolute Gasteiger partial charge is 0.383 e. The summed E-state index contributed by atoms with van der Waals surface area (Å²) < 4.78 is 0. The molecule has 0 spiro atoms. The molecule has 0 bridgehead atoms. The summed E-state index contributed by atoms with van der Waals surface area (Å²) in [4.78, 5) is 4.47. The van der Waals surface area contributed by atoms with Crippen molar-refractivity contribution in [2.75, 3.05) is 11.1 Å². The van der Waals surface area contributed by atoms with E-state index in [4.69, 9.17) is 5.73 Å². The molecule has 0 radical (unpaired) electrons. The fraction of sp³-hybridized carbons (Fsp3) is 0.538. The molecule has 1 saturated carbocycles. The zero-order valence-electron chi connectivity index (χ0n) is 9.96. The summed E-state index contributed by atoms with van der Waals surface area (Å²) in [5.41, 5.74) is 9.95. The van der Waals surface area contributed by atoms with Crippen molar-refractivity contribution in [3.05, 3.63) is 22.4 Å². The number of nitrogen functional groups attached to an aromatic ring is 1. The molecule has 1 fully saturated rings. The first-order valence-electron chi connectivity index (χ1n) is 6.00. The van der Waals surface area contributed by atoms with Crippen LogP contribution in [0.5, 0.6) is 0 Å². The number of pyridine rings is 1. The Kier molecular flexibility index (Phi) is 3.68. The molecular weight excluding hydrogens is 278 g/mol. The summed E-state index contributed by atoms with van der Waals surface area (Å²) in [7, 11) is 0. The molecule has 2 N–H and O–H groups in total. The number of alkyl halides is 1. The molecule has 1 aliphatic carbocycles. The van der Waals surface area contributed by atoms with Crippen molar-refractivity contribution in [3.63, 3.8) is 0 Å². The molecule has 1 aliphatic rings. The lowest BCUT2D eigenvalue weighted by molar-refractivity contribution is 0.923. The predicted molar refractivity (Wildman–Crippen MR) is 72.2 cm³/mol. The smallest absolute Gasteiger partial charge is 0.141 e. The first-order valence-corrected chi connectivity index (χ1v) is 7.12. The Hall–Kier alpha value is -1.08. The predicted octanol–water partition coefficient (Wildman–Crippen LogP) is 2.91. The number of rotatable bonds is 4. The highest BCUT2D eigenvalue weighted by Gasteiger charge is 2.30. The van der Waals surface area contributed by atoms with E-state index in [1.807, 2.05) is 0 Å². The van der Waals surface area contributed by atoms with Crippen LogP contribution in [0, 0.1) is 11.3 Å². The van der Waals surface area contributed by atoms with Gasteiger partial charge in [0, 0.05) is 16.9 Å². The second kappa shape index (κ2) is 5.05. The zero-order valence-corrected chi connectivity index (χ0v) is 11.5. The van der Waals surface area contributed by atoms with Gasteiger partial charge in [-0.3, -0.25) is 0 Å². The maximum Gasteiger partial charge on any atom is 0.141 e. The topological polar surface area (TPSA) is 62.7 Å². The Morgan fingerprint density at radius 2 is 2.18 bits per heavy atom. The standard InChI is InChI=1S/C13H16BrN3/c1-2-9-10(5-6-14)12(8-3-4-8)17-13(16)11(9)7-15/h8H,2-6H2,1H3,(H2,16,17). The maximum absolute atomic E-state index is 9.19. The molecule has 1 aromatic rings. The number of halogens is 1. The van der Waals surface area contributed by atoms with Gasteiger partial charge in [0.05, 0.1) is 5.56 Å². The molecule has 2 rings (SSSR count). The van der Waals surface area contributed by atoms with Crippen molar-refractivity contribution >= 4 is 21.7 Å². The van der Waals surface area contributed by atoms with E-state index >= 15 is 0 Å². The molecule has 1 aromatic heterocycles. The van der Waals surface area contributed by atoms with E-state index in [2.05, 4.69) is 33.9 Å². The van der Waals surface area contributed by atoms with Crippen LogP contribution in [0.2, 0.25) is 0 Å². The summed E-state index contributed by atoms with van der Waals surface area (Å²) in [6.45, 7) is 2.07. The van der Waals surface area contributed by atoms with Gasteiger partial charge in [-0.2, -0.15) is 5.26 Å². The van der Waals surface area contributed by atoms with Crippen LogP contribution >= 0.6 is 15.9 Å². The molecule has 17 heavy (non-hydrogen) atoms. The SMILES string of the molecule is CCc1c(C#N)c(N)nc(C2CC2)c1CCBr. The van der Waals surface area contributed by atoms with Crippen LogP contribution in [-0.4, -0.2) is 10.3 Å². The number of hydrogen-bond donors (Lipinski definition) is 1. The van der Waals surface area contributed by atoms with E-state index in [-0.39, 0.29) is 0 Å². The molecule has 0 atom stereocenters. The Labute approximate surface area is 110 Å². The second-order valence-corrected chi connectivity index (χ2v) is 5.19. The highest BCUT2D eigenvalue weighted by molar-refractivity contribution is 9.09. The van der Waals surface area contributed by atoms with Crippen LogP contribution in [0.3, 0.4) is 0 Å². The minimum atomic E-state index is 0.407. The lowest BCUT2D eigenvalue weighted by Crippen LogP contribution is -2.09. The van der Waals surface area contributed by atoms with Crippen molar-refractivity contribution in [2.45, 2.75) is 38.5 Å². The second-order valence-electron chi connectivity index (χ2n) is 4.39. The Morgan fingerprint density at radius 1 is 1.47 bits per heavy atom. The fourth-order valence-electron chi connectivity index (χ4n) is 2.30. The third kappa shape index (κ3) is 2.30. The molecule has 0 unspecified atom stereocenters. The van der Waals surface area contributed by atoms with Gasteiger partial charge in [0.2, 0.25) is 0 Å². The van der Waals surface area contributed by atoms with Gasteiger partial charge in [0.1, 0.15) is 11.9 Å². The quantitative estimate of drug-likeness (QED) is 0.868. The van der Waals surface area contributed by atoms with Gasteiger partial charge >= 0.3 is 0 Å². The van der Waals surface area contributed by atoms with Gasteiger partial charge in [0.25, 0.3) is 0 Å². The van der Waals surface area contributed by atoms with Crippen LogP contribution in [0.4, 0.5) is 5.82 Å². The van der Waals surface area contributed by atoms with Crippen molar-refractivity contribution < 1.29 is 0 Å². The highest BCUT2D eigenvalue weighted by atomic mass is 79.9. The summed E-state index contributed by atoms with van der Waals surface area (Å²) in [6.07, 6.45) is 4.18. The lowest BCUT2D eigenvalue weighted by atomic mass is 9.95. The number of nitrogens with two attached hydrogens (primary N) is 1. The first-order chi connectivity index (χ1) is 8.22. The molecular formula is C13H16BrN3. The average Bonchev–Trinajstić information content (AvgIpc) is 3.14. The fourth-order valence-corrected chi connectivity index (χ4v) is 2.69. The van der Waals surface area contributed by atoms with Crippen LogP contribution in [0.25, 0.3) is 0 Å². The van der Waals surface area contributed by atoms with Crippen LogP contribution < -0.4 is 5.73 Å². The van der Waals surface area contributed by atoms with Crippen molar-refractivity contribution in [1.82, 2.24) is 4.98 Å². The summed E-state index contributed by atoms with van der Waals surface area (Å²) in [5.74, 6) is 0.981. The Balaban J connectivity index is 2.61. The number of hydrogen-bond acceptors (Lipinski definition) is 3. The number of nitrogens with zero attached hydrogens (tertiary/aromatic N) is 2. The highest BCUT2D eigenvalue weighted by Crippen LogP contribution is 2.42. The van der Waals surface area contributed by atoms with E-state index in [1.54, 1.807) is 0 Å². The third-order valence-electron chi connectivity index (χ3n) is 3.25. The van der Waals surface area contributed by atoms with Gasteiger partial charge < -0.3 is 5.73 Å². The molecule has 90 valence electrons. The lowest BCUT2D eigenvalue weighted by Gasteiger charge is -2.15. The summed E-state index contributed by atoms with van der Waals surface area (Å²) in [5, 5.41) is 10.1. The molecule has 4 heteroatoms. The van der Waals surface area contributed by atoms with Crippen LogP contribution in [-0.2, 0) is 12.8 Å². The van der Waals surface area contributed by atoms with Gasteiger partial charge in [-0.1, -0.05) is 22.9 Å². The average molecular weight is 294 g/mol. The first kappa shape index (κ1) is 12.4. The van der Waals surface area contributed by atoms with Crippen LogP contribution in [0.15, 0.2) is 0 Å². The van der Waals surface area contributed by atoms with Gasteiger partial charge in [-0.25, -0.2) is 4.98 Å². The molecule has 0 aromatic carbocycles. The minimum absolute atomic E-state index is 0.407. The molecule has 3 nitrogen and oxygen atoms in total. The molecule has 0 amide bonds. The minimum Gasteiger partial charge on any atom is -0.383 e. The van der Waals surface area contributed by atoms with E-state index in [9.17, 15) is 5.26 Å². The normalized spacial score (nSPS) is 14.6. The van der Waals surface area contributed by atoms with Gasteiger partial charge in [-0.05, 0) is 36.8 Å². The Bertz CT molecular complexity index is 473. The van der Waals surface area contributed by atoms with Crippen molar-refractivity contribution in [1.29, 1.82) is 5.26 Å². The van der Waals surface area contributed by atoms with Gasteiger partial charge in [0.15, 0.2) is 0 Å². The van der Waals surface area contributed by atoms with E-state index < -0.39 is 0 Å². The summed E-state index contributed by atoms with van der Waals surface area (Å²) >= 11 is 3.48. The molecule has 1 heterocycles. The number of aromatic nitrogens is 1. The van der Waals surface area contributed by atoms with Crippen molar-refractivity contribution in [3.8, 4) is 6.07 Å². The molecule has 0 saturated heterocycles. The van der Waals surface area contributed by atoms with E-state index in [0.717, 1.165) is 29.4 Å². The molecule has 0 aliphatic heterocycles. The van der Waals surface area contributed by atoms with E-state index in [0.29, 0.717) is 17.3 Å². The summed E-state index contributed by atoms with van der Waals surface area (Å²) in [6, 6.07) is 2.20. The Morgan fingerprint density at radius 3 is 2.65 bits per heavy atom. The van der Waals surface area contributed by atoms with Crippen molar-refractivity contribution in [2.24, 2.45) is 0 Å². The van der Waals surface area contributed by atoms with E-state index in [1.165, 1.54) is 18.4 Å². The third-order valence-corrected chi connectivity index (χ3v) is 3.64. The number of anilines is 1. The monoisotopic (exact) mass is 293 g/mol. The zero-order chi connectivity index (χ0) is 12.4. The van der Waals surface area contributed by atoms with Crippen LogP contribution in [0.1, 0.15) is 48.1 Å². The maximum atomic E-state index is 9.19. The van der Waals surface area contributed by atoms with Gasteiger partial charge in [-0.15, -0.1) is 0 Å². The number of nitriles is 1.